The summed E-state index contributed by atoms with van der Waals surface area (Å²) < 4.78 is 0. The van der Waals surface area contributed by atoms with Gasteiger partial charge in [-0.15, -0.1) is 0 Å². The second kappa shape index (κ2) is 8.62. The van der Waals surface area contributed by atoms with Gasteiger partial charge in [0, 0.05) is 57.8 Å². The number of amides is 1. The van der Waals surface area contributed by atoms with Crippen LogP contribution >= 0.6 is 0 Å². The van der Waals surface area contributed by atoms with Gasteiger partial charge >= 0.3 is 0 Å². The normalized spacial score (nSPS) is 21.1. The van der Waals surface area contributed by atoms with Gasteiger partial charge in [0.05, 0.1) is 5.56 Å². The van der Waals surface area contributed by atoms with E-state index in [1.807, 2.05) is 17.0 Å². The molecule has 3 heterocycles. The first-order chi connectivity index (χ1) is 12.5. The average Bonchev–Trinajstić information content (AvgIpc) is 2.68. The molecule has 0 radical (unpaired) electrons. The van der Waals surface area contributed by atoms with Gasteiger partial charge in [-0.25, -0.2) is 4.98 Å². The third kappa shape index (κ3) is 4.61. The Hall–Kier alpha value is -1.95. The van der Waals surface area contributed by atoms with Crippen molar-refractivity contribution in [2.45, 2.75) is 33.1 Å². The third-order valence-corrected chi connectivity index (χ3v) is 5.21. The Morgan fingerprint density at radius 1 is 1.23 bits per heavy atom. The van der Waals surface area contributed by atoms with Crippen molar-refractivity contribution in [1.29, 1.82) is 0 Å². The standard InChI is InChI=1S/C20H30N4O2/c1-15(2)12-18(25)17-4-3-9-24(14-17)20(26)16-5-6-19(22-13-16)23-10-7-21-8-11-23/h5-6,13,15,17,21H,3-4,7-12,14H2,1-2H3/t17-/m1/s1. The summed E-state index contributed by atoms with van der Waals surface area (Å²) in [6.45, 7) is 9.19. The molecule has 0 saturated carbocycles. The van der Waals surface area contributed by atoms with E-state index in [0.717, 1.165) is 51.4 Å². The topological polar surface area (TPSA) is 65.5 Å². The van der Waals surface area contributed by atoms with Gasteiger partial charge in [0.2, 0.25) is 0 Å². The zero-order valence-electron chi connectivity index (χ0n) is 15.9. The molecule has 2 saturated heterocycles. The first kappa shape index (κ1) is 18.8. The number of hydrogen-bond donors (Lipinski definition) is 1. The molecule has 1 aromatic rings. The molecule has 0 spiro atoms. The summed E-state index contributed by atoms with van der Waals surface area (Å²) in [6, 6.07) is 3.80. The zero-order chi connectivity index (χ0) is 18.5. The number of nitrogens with one attached hydrogen (secondary N) is 1. The van der Waals surface area contributed by atoms with Crippen LogP contribution < -0.4 is 10.2 Å². The lowest BCUT2D eigenvalue weighted by Crippen LogP contribution is -2.44. The number of piperazine rings is 1. The van der Waals surface area contributed by atoms with Crippen LogP contribution in [-0.4, -0.2) is 60.8 Å². The van der Waals surface area contributed by atoms with Crippen molar-refractivity contribution in [3.63, 3.8) is 0 Å². The molecule has 2 aliphatic heterocycles. The lowest BCUT2D eigenvalue weighted by atomic mass is 9.89. The molecule has 6 nitrogen and oxygen atoms in total. The van der Waals surface area contributed by atoms with Crippen molar-refractivity contribution in [2.75, 3.05) is 44.2 Å². The Morgan fingerprint density at radius 3 is 2.65 bits per heavy atom. The van der Waals surface area contributed by atoms with Crippen LogP contribution in [-0.2, 0) is 4.79 Å². The second-order valence-corrected chi connectivity index (χ2v) is 7.80. The fraction of sp³-hybridized carbons (Fsp3) is 0.650. The van der Waals surface area contributed by atoms with Crippen molar-refractivity contribution < 1.29 is 9.59 Å². The van der Waals surface area contributed by atoms with E-state index < -0.39 is 0 Å². The molecule has 142 valence electrons. The van der Waals surface area contributed by atoms with E-state index in [2.05, 4.69) is 29.0 Å². The molecule has 26 heavy (non-hydrogen) atoms. The van der Waals surface area contributed by atoms with Gasteiger partial charge < -0.3 is 15.1 Å². The van der Waals surface area contributed by atoms with Crippen LogP contribution in [0.25, 0.3) is 0 Å². The maximum atomic E-state index is 12.8. The molecule has 0 bridgehead atoms. The minimum Gasteiger partial charge on any atom is -0.354 e. The first-order valence-corrected chi connectivity index (χ1v) is 9.78. The molecule has 3 rings (SSSR count). The van der Waals surface area contributed by atoms with E-state index in [4.69, 9.17) is 0 Å². The van der Waals surface area contributed by atoms with Gasteiger partial charge in [0.15, 0.2) is 0 Å². The number of rotatable bonds is 5. The highest BCUT2D eigenvalue weighted by atomic mass is 16.2. The van der Waals surface area contributed by atoms with E-state index in [0.29, 0.717) is 30.2 Å². The van der Waals surface area contributed by atoms with Crippen LogP contribution in [0.3, 0.4) is 0 Å². The third-order valence-electron chi connectivity index (χ3n) is 5.21. The Bertz CT molecular complexity index is 623. The maximum Gasteiger partial charge on any atom is 0.255 e. The van der Waals surface area contributed by atoms with Crippen LogP contribution in [0, 0.1) is 11.8 Å². The number of anilines is 1. The molecule has 1 aromatic heterocycles. The van der Waals surface area contributed by atoms with Gasteiger partial charge in [-0.2, -0.15) is 0 Å². The molecular formula is C20H30N4O2. The van der Waals surface area contributed by atoms with Gasteiger partial charge in [-0.1, -0.05) is 13.8 Å². The van der Waals surface area contributed by atoms with E-state index in [-0.39, 0.29) is 11.8 Å². The molecule has 2 fully saturated rings. The highest BCUT2D eigenvalue weighted by Crippen LogP contribution is 2.22. The van der Waals surface area contributed by atoms with Gasteiger partial charge in [-0.05, 0) is 30.9 Å². The van der Waals surface area contributed by atoms with Crippen LogP contribution in [0.5, 0.6) is 0 Å². The largest absolute Gasteiger partial charge is 0.354 e. The monoisotopic (exact) mass is 358 g/mol. The Labute approximate surface area is 156 Å². The van der Waals surface area contributed by atoms with Crippen LogP contribution in [0.15, 0.2) is 18.3 Å². The zero-order valence-corrected chi connectivity index (χ0v) is 15.9. The number of carbonyl (C=O) groups excluding carboxylic acids is 2. The first-order valence-electron chi connectivity index (χ1n) is 9.78. The van der Waals surface area contributed by atoms with Gasteiger partial charge in [0.1, 0.15) is 11.6 Å². The number of hydrogen-bond acceptors (Lipinski definition) is 5. The molecule has 0 aliphatic carbocycles. The summed E-state index contributed by atoms with van der Waals surface area (Å²) in [6.07, 6.45) is 4.08. The maximum absolute atomic E-state index is 12.8. The number of carbonyl (C=O) groups is 2. The number of pyridine rings is 1. The van der Waals surface area contributed by atoms with E-state index in [1.165, 1.54) is 0 Å². The quantitative estimate of drug-likeness (QED) is 0.872. The minimum atomic E-state index is -0.0109. The molecule has 1 atom stereocenters. The van der Waals surface area contributed by atoms with E-state index in [1.54, 1.807) is 6.20 Å². The lowest BCUT2D eigenvalue weighted by molar-refractivity contribution is -0.124. The van der Waals surface area contributed by atoms with Crippen LogP contribution in [0.1, 0.15) is 43.5 Å². The van der Waals surface area contributed by atoms with Crippen molar-refractivity contribution in [3.8, 4) is 0 Å². The van der Waals surface area contributed by atoms with E-state index in [9.17, 15) is 9.59 Å². The van der Waals surface area contributed by atoms with Crippen LogP contribution in [0.4, 0.5) is 5.82 Å². The molecular weight excluding hydrogens is 328 g/mol. The number of nitrogens with zero attached hydrogens (tertiary/aromatic N) is 3. The van der Waals surface area contributed by atoms with Gasteiger partial charge in [0.25, 0.3) is 5.91 Å². The fourth-order valence-corrected chi connectivity index (χ4v) is 3.77. The molecule has 1 amide bonds. The Kier molecular flexibility index (Phi) is 6.25. The highest BCUT2D eigenvalue weighted by Gasteiger charge is 2.29. The predicted octanol–water partition coefficient (Wildman–Crippen LogP) is 1.96. The second-order valence-electron chi connectivity index (χ2n) is 7.80. The van der Waals surface area contributed by atoms with Gasteiger partial charge in [-0.3, -0.25) is 9.59 Å². The molecule has 6 heteroatoms. The number of aromatic nitrogens is 1. The Morgan fingerprint density at radius 2 is 2.00 bits per heavy atom. The smallest absolute Gasteiger partial charge is 0.255 e. The number of Topliss-reactive ketones (excluding diaryl/α,β-unsaturated/α-hetero) is 1. The number of ketones is 1. The van der Waals surface area contributed by atoms with E-state index >= 15 is 0 Å². The molecule has 0 aromatic carbocycles. The number of likely N-dealkylation sites (tertiary alicyclic amines) is 1. The molecule has 1 N–H and O–H groups in total. The molecule has 0 unspecified atom stereocenters. The number of piperidine rings is 1. The van der Waals surface area contributed by atoms with Crippen molar-refractivity contribution in [3.05, 3.63) is 23.9 Å². The molecule has 2 aliphatic rings. The minimum absolute atomic E-state index is 0.00796. The Balaban J connectivity index is 1.62. The summed E-state index contributed by atoms with van der Waals surface area (Å²) >= 11 is 0. The summed E-state index contributed by atoms with van der Waals surface area (Å²) in [7, 11) is 0. The van der Waals surface area contributed by atoms with Crippen LogP contribution in [0.2, 0.25) is 0 Å². The average molecular weight is 358 g/mol. The van der Waals surface area contributed by atoms with Crippen molar-refractivity contribution >= 4 is 17.5 Å². The fourth-order valence-electron chi connectivity index (χ4n) is 3.77. The van der Waals surface area contributed by atoms with Crippen molar-refractivity contribution in [2.24, 2.45) is 11.8 Å². The SMILES string of the molecule is CC(C)CC(=O)[C@@H]1CCCN(C(=O)c2ccc(N3CCNCC3)nc2)C1. The lowest BCUT2D eigenvalue weighted by Gasteiger charge is -2.32. The summed E-state index contributed by atoms with van der Waals surface area (Å²) in [5, 5.41) is 3.32. The summed E-state index contributed by atoms with van der Waals surface area (Å²) in [5.74, 6) is 1.57. The summed E-state index contributed by atoms with van der Waals surface area (Å²) in [4.78, 5) is 33.8. The van der Waals surface area contributed by atoms with Crippen molar-refractivity contribution in [1.82, 2.24) is 15.2 Å². The predicted molar refractivity (Wildman–Crippen MR) is 102 cm³/mol. The highest BCUT2D eigenvalue weighted by molar-refractivity contribution is 5.94. The summed E-state index contributed by atoms with van der Waals surface area (Å²) in [5.41, 5.74) is 0.612.